The van der Waals surface area contributed by atoms with Crippen LogP contribution in [0.5, 0.6) is 5.75 Å². The molecule has 1 fully saturated rings. The minimum absolute atomic E-state index is 0.0853. The van der Waals surface area contributed by atoms with Gasteiger partial charge in [-0.15, -0.1) is 0 Å². The summed E-state index contributed by atoms with van der Waals surface area (Å²) in [6.07, 6.45) is -4.98. The van der Waals surface area contributed by atoms with E-state index in [1.807, 2.05) is 0 Å². The van der Waals surface area contributed by atoms with Gasteiger partial charge in [-0.3, -0.25) is 0 Å². The molecule has 150 valence electrons. The Bertz CT molecular complexity index is 871. The third-order valence-corrected chi connectivity index (χ3v) is 5.34. The second-order valence-electron chi connectivity index (χ2n) is 6.61. The molecule has 0 aromatic heterocycles. The van der Waals surface area contributed by atoms with Gasteiger partial charge in [-0.2, -0.15) is 0 Å². The SMILES string of the molecule is O=C(O)c1ccc(-c2ccc(O[C@@H](O)C3(O)C(O)[C@H](O)C3CO)cc2Cl)cc1. The van der Waals surface area contributed by atoms with Gasteiger partial charge >= 0.3 is 5.97 Å². The molecule has 1 aliphatic carbocycles. The average molecular weight is 411 g/mol. The zero-order valence-corrected chi connectivity index (χ0v) is 15.2. The Labute approximate surface area is 164 Å². The molecule has 2 aromatic carbocycles. The van der Waals surface area contributed by atoms with Crippen molar-refractivity contribution in [3.63, 3.8) is 0 Å². The number of ether oxygens (including phenoxy) is 1. The predicted octanol–water partition coefficient (Wildman–Crippen LogP) is 0.477. The number of carbonyl (C=O) groups is 1. The second kappa shape index (κ2) is 7.67. The highest BCUT2D eigenvalue weighted by Crippen LogP contribution is 2.42. The van der Waals surface area contributed by atoms with Crippen molar-refractivity contribution in [3.05, 3.63) is 53.1 Å². The summed E-state index contributed by atoms with van der Waals surface area (Å²) in [6, 6.07) is 10.5. The Morgan fingerprint density at radius 2 is 1.82 bits per heavy atom. The minimum Gasteiger partial charge on any atom is -0.478 e. The summed E-state index contributed by atoms with van der Waals surface area (Å²) in [6.45, 7) is -0.652. The molecule has 1 saturated carbocycles. The van der Waals surface area contributed by atoms with E-state index in [1.54, 1.807) is 18.2 Å². The van der Waals surface area contributed by atoms with E-state index in [0.29, 0.717) is 11.1 Å². The summed E-state index contributed by atoms with van der Waals surface area (Å²) in [4.78, 5) is 10.9. The first-order chi connectivity index (χ1) is 13.2. The van der Waals surface area contributed by atoms with Crippen molar-refractivity contribution in [1.82, 2.24) is 0 Å². The summed E-state index contributed by atoms with van der Waals surface area (Å²) in [5.41, 5.74) is -0.840. The van der Waals surface area contributed by atoms with Crippen LogP contribution in [0.4, 0.5) is 0 Å². The van der Waals surface area contributed by atoms with E-state index in [2.05, 4.69) is 0 Å². The van der Waals surface area contributed by atoms with Crippen LogP contribution < -0.4 is 4.74 Å². The number of rotatable bonds is 6. The summed E-state index contributed by atoms with van der Waals surface area (Å²) >= 11 is 6.25. The number of aliphatic hydroxyl groups is 5. The molecule has 6 N–H and O–H groups in total. The molecule has 0 heterocycles. The summed E-state index contributed by atoms with van der Waals surface area (Å²) < 4.78 is 5.26. The Morgan fingerprint density at radius 1 is 1.18 bits per heavy atom. The number of benzene rings is 2. The number of hydrogen-bond donors (Lipinski definition) is 6. The molecule has 0 saturated heterocycles. The molecule has 1 aliphatic rings. The van der Waals surface area contributed by atoms with Gasteiger partial charge in [-0.05, 0) is 35.9 Å². The largest absolute Gasteiger partial charge is 0.478 e. The van der Waals surface area contributed by atoms with Crippen molar-refractivity contribution in [2.45, 2.75) is 24.1 Å². The van der Waals surface area contributed by atoms with Gasteiger partial charge in [0.2, 0.25) is 6.29 Å². The van der Waals surface area contributed by atoms with Crippen LogP contribution in [0.1, 0.15) is 10.4 Å². The van der Waals surface area contributed by atoms with E-state index in [0.717, 1.165) is 0 Å². The Balaban J connectivity index is 1.78. The van der Waals surface area contributed by atoms with Gasteiger partial charge < -0.3 is 35.4 Å². The van der Waals surface area contributed by atoms with Crippen molar-refractivity contribution < 1.29 is 40.2 Å². The van der Waals surface area contributed by atoms with Crippen molar-refractivity contribution in [1.29, 1.82) is 0 Å². The van der Waals surface area contributed by atoms with Crippen LogP contribution in [0.3, 0.4) is 0 Å². The highest BCUT2D eigenvalue weighted by atomic mass is 35.5. The normalized spacial score (nSPS) is 27.7. The van der Waals surface area contributed by atoms with Gasteiger partial charge in [-0.25, -0.2) is 4.79 Å². The molecule has 0 aliphatic heterocycles. The highest BCUT2D eigenvalue weighted by Gasteiger charge is 2.65. The molecular weight excluding hydrogens is 392 g/mol. The molecule has 8 nitrogen and oxygen atoms in total. The molecule has 0 amide bonds. The van der Waals surface area contributed by atoms with Gasteiger partial charge in [0.15, 0.2) is 5.60 Å². The fraction of sp³-hybridized carbons (Fsp3) is 0.316. The fourth-order valence-electron chi connectivity index (χ4n) is 3.27. The Hall–Kier alpha value is -2.20. The number of hydrogen-bond acceptors (Lipinski definition) is 7. The minimum atomic E-state index is -2.23. The van der Waals surface area contributed by atoms with Crippen molar-refractivity contribution in [2.75, 3.05) is 6.61 Å². The number of aliphatic hydroxyl groups excluding tert-OH is 4. The molecule has 28 heavy (non-hydrogen) atoms. The average Bonchev–Trinajstić information content (AvgIpc) is 2.68. The third kappa shape index (κ3) is 3.35. The number of halogens is 1. The van der Waals surface area contributed by atoms with E-state index in [1.165, 1.54) is 24.3 Å². The molecule has 3 rings (SSSR count). The molecule has 3 unspecified atom stereocenters. The topological polar surface area (TPSA) is 148 Å². The highest BCUT2D eigenvalue weighted by molar-refractivity contribution is 6.33. The van der Waals surface area contributed by atoms with E-state index in [4.69, 9.17) is 21.4 Å². The van der Waals surface area contributed by atoms with Crippen LogP contribution in [-0.4, -0.2) is 67.3 Å². The van der Waals surface area contributed by atoms with Crippen molar-refractivity contribution >= 4 is 17.6 Å². The van der Waals surface area contributed by atoms with E-state index >= 15 is 0 Å². The van der Waals surface area contributed by atoms with Crippen molar-refractivity contribution in [3.8, 4) is 16.9 Å². The lowest BCUT2D eigenvalue weighted by molar-refractivity contribution is -0.332. The van der Waals surface area contributed by atoms with Crippen LogP contribution in [0, 0.1) is 5.92 Å². The molecule has 5 atom stereocenters. The lowest BCUT2D eigenvalue weighted by atomic mass is 9.64. The molecule has 0 bridgehead atoms. The quantitative estimate of drug-likeness (QED) is 0.377. The Kier molecular flexibility index (Phi) is 5.62. The number of carboxylic acids is 1. The van der Waals surface area contributed by atoms with Crippen LogP contribution >= 0.6 is 11.6 Å². The van der Waals surface area contributed by atoms with Crippen LogP contribution in [0.2, 0.25) is 5.02 Å². The van der Waals surface area contributed by atoms with Gasteiger partial charge in [0, 0.05) is 11.5 Å². The summed E-state index contributed by atoms with van der Waals surface area (Å²) in [5, 5.41) is 58.4. The maximum Gasteiger partial charge on any atom is 0.335 e. The Morgan fingerprint density at radius 3 is 2.36 bits per heavy atom. The standard InChI is InChI=1S/C19H19ClO8/c20-14-7-11(28-18(26)19(27)13(8-21)15(22)16(19)23)5-6-12(14)9-1-3-10(4-2-9)17(24)25/h1-7,13,15-16,18,21-23,26-27H,8H2,(H,24,25)/t13?,15-,16?,18-,19?/m1/s1. The summed E-state index contributed by atoms with van der Waals surface area (Å²) in [5.74, 6) is -2.13. The van der Waals surface area contributed by atoms with E-state index < -0.39 is 42.6 Å². The lowest BCUT2D eigenvalue weighted by Gasteiger charge is -2.53. The molecule has 2 aromatic rings. The molecular formula is C19H19ClO8. The molecule has 0 spiro atoms. The second-order valence-corrected chi connectivity index (χ2v) is 7.01. The number of carboxylic acid groups (broad SMARTS) is 1. The van der Waals surface area contributed by atoms with Crippen LogP contribution in [-0.2, 0) is 0 Å². The van der Waals surface area contributed by atoms with Crippen LogP contribution in [0.25, 0.3) is 11.1 Å². The van der Waals surface area contributed by atoms with E-state index in [9.17, 15) is 30.3 Å². The smallest absolute Gasteiger partial charge is 0.335 e. The predicted molar refractivity (Wildman–Crippen MR) is 98.0 cm³/mol. The van der Waals surface area contributed by atoms with Crippen molar-refractivity contribution in [2.24, 2.45) is 5.92 Å². The zero-order valence-electron chi connectivity index (χ0n) is 14.4. The lowest BCUT2D eigenvalue weighted by Crippen LogP contribution is -2.76. The zero-order chi connectivity index (χ0) is 20.6. The first-order valence-corrected chi connectivity index (χ1v) is 8.75. The molecule has 9 heteroatoms. The third-order valence-electron chi connectivity index (χ3n) is 5.03. The first-order valence-electron chi connectivity index (χ1n) is 8.37. The maximum atomic E-state index is 10.9. The van der Waals surface area contributed by atoms with E-state index in [-0.39, 0.29) is 16.3 Å². The van der Waals surface area contributed by atoms with Gasteiger partial charge in [0.05, 0.1) is 23.3 Å². The van der Waals surface area contributed by atoms with Gasteiger partial charge in [0.1, 0.15) is 11.9 Å². The van der Waals surface area contributed by atoms with Gasteiger partial charge in [0.25, 0.3) is 0 Å². The first kappa shape index (κ1) is 20.5. The van der Waals surface area contributed by atoms with Gasteiger partial charge in [-0.1, -0.05) is 23.7 Å². The molecule has 0 radical (unpaired) electrons. The summed E-state index contributed by atoms with van der Waals surface area (Å²) in [7, 11) is 0. The monoisotopic (exact) mass is 410 g/mol. The fourth-order valence-corrected chi connectivity index (χ4v) is 3.55. The number of aromatic carboxylic acids is 1. The maximum absolute atomic E-state index is 10.9. The van der Waals surface area contributed by atoms with Crippen LogP contribution in [0.15, 0.2) is 42.5 Å².